The van der Waals surface area contributed by atoms with E-state index in [0.29, 0.717) is 0 Å². The second-order valence-corrected chi connectivity index (χ2v) is 5.53. The molecule has 0 amide bonds. The molecule has 0 saturated heterocycles. The van der Waals surface area contributed by atoms with Crippen molar-refractivity contribution in [3.63, 3.8) is 0 Å². The van der Waals surface area contributed by atoms with Gasteiger partial charge in [-0.2, -0.15) is 18.4 Å². The minimum absolute atomic E-state index is 0.0640. The van der Waals surface area contributed by atoms with Crippen molar-refractivity contribution in [3.05, 3.63) is 63.0 Å². The summed E-state index contributed by atoms with van der Waals surface area (Å²) < 4.78 is 45.1. The Morgan fingerprint density at radius 1 is 1.16 bits per heavy atom. The summed E-state index contributed by atoms with van der Waals surface area (Å²) in [6.45, 7) is 0. The maximum atomic E-state index is 13.4. The topological polar surface area (TPSA) is 74.2 Å². The molecule has 1 heterocycles. The molecule has 0 aliphatic heterocycles. The zero-order valence-corrected chi connectivity index (χ0v) is 12.9. The number of benzene rings is 2. The molecule has 0 atom stereocenters. The molecule has 8 heteroatoms. The Labute approximate surface area is 143 Å². The van der Waals surface area contributed by atoms with E-state index in [1.165, 1.54) is 24.3 Å². The molecule has 0 aliphatic rings. The van der Waals surface area contributed by atoms with Gasteiger partial charge in [0, 0.05) is 6.07 Å². The van der Waals surface area contributed by atoms with Crippen molar-refractivity contribution >= 4 is 22.6 Å². The van der Waals surface area contributed by atoms with Crippen molar-refractivity contribution in [3.8, 4) is 22.9 Å². The lowest BCUT2D eigenvalue weighted by Gasteiger charge is -2.13. The van der Waals surface area contributed by atoms with Crippen LogP contribution < -0.4 is 5.43 Å². The summed E-state index contributed by atoms with van der Waals surface area (Å²) >= 11 is 5.87. The van der Waals surface area contributed by atoms with Crippen LogP contribution in [0.1, 0.15) is 11.3 Å². The lowest BCUT2D eigenvalue weighted by atomic mass is 10.0. The van der Waals surface area contributed by atoms with E-state index in [2.05, 4.69) is 0 Å². The van der Waals surface area contributed by atoms with Gasteiger partial charge in [0.25, 0.3) is 0 Å². The van der Waals surface area contributed by atoms with Crippen molar-refractivity contribution in [2.45, 2.75) is 6.18 Å². The average Bonchev–Trinajstić information content (AvgIpc) is 2.53. The fraction of sp³-hybridized carbons (Fsp3) is 0.0588. The van der Waals surface area contributed by atoms with Crippen molar-refractivity contribution in [1.82, 2.24) is 0 Å². The molecule has 0 saturated carbocycles. The molecule has 2 aromatic carbocycles. The van der Waals surface area contributed by atoms with Crippen LogP contribution in [0.15, 0.2) is 45.6 Å². The fourth-order valence-electron chi connectivity index (χ4n) is 2.40. The third-order valence-corrected chi connectivity index (χ3v) is 3.82. The Bertz CT molecular complexity index is 1100. The smallest absolute Gasteiger partial charge is 0.450 e. The van der Waals surface area contributed by atoms with Gasteiger partial charge in [-0.05, 0) is 29.8 Å². The Kier molecular flexibility index (Phi) is 3.93. The first-order valence-electron chi connectivity index (χ1n) is 6.79. The van der Waals surface area contributed by atoms with Crippen LogP contribution in [0.2, 0.25) is 5.02 Å². The highest BCUT2D eigenvalue weighted by Crippen LogP contribution is 2.38. The fourth-order valence-corrected chi connectivity index (χ4v) is 2.63. The first-order valence-corrected chi connectivity index (χ1v) is 7.17. The third-order valence-electron chi connectivity index (χ3n) is 3.51. The van der Waals surface area contributed by atoms with E-state index in [1.54, 1.807) is 6.07 Å². The van der Waals surface area contributed by atoms with Crippen LogP contribution in [0.5, 0.6) is 5.75 Å². The Morgan fingerprint density at radius 2 is 1.88 bits per heavy atom. The van der Waals surface area contributed by atoms with Crippen LogP contribution in [0.4, 0.5) is 13.2 Å². The van der Waals surface area contributed by atoms with Gasteiger partial charge in [0.1, 0.15) is 17.4 Å². The number of nitriles is 1. The molecule has 0 bridgehead atoms. The summed E-state index contributed by atoms with van der Waals surface area (Å²) in [5.41, 5.74) is -2.08. The number of hydrogen-bond donors (Lipinski definition) is 1. The van der Waals surface area contributed by atoms with Gasteiger partial charge in [0.05, 0.1) is 21.5 Å². The largest absolute Gasteiger partial charge is 0.508 e. The van der Waals surface area contributed by atoms with Gasteiger partial charge < -0.3 is 9.52 Å². The molecular formula is C17H7ClF3NO3. The molecular weight excluding hydrogens is 359 g/mol. The van der Waals surface area contributed by atoms with Gasteiger partial charge >= 0.3 is 6.18 Å². The van der Waals surface area contributed by atoms with Crippen molar-refractivity contribution in [1.29, 1.82) is 5.26 Å². The van der Waals surface area contributed by atoms with Crippen molar-refractivity contribution in [2.24, 2.45) is 0 Å². The van der Waals surface area contributed by atoms with E-state index in [-0.39, 0.29) is 32.9 Å². The summed E-state index contributed by atoms with van der Waals surface area (Å²) in [5, 5.41) is 18.1. The number of rotatable bonds is 1. The van der Waals surface area contributed by atoms with E-state index >= 15 is 0 Å². The lowest BCUT2D eigenvalue weighted by molar-refractivity contribution is -0.152. The second-order valence-electron chi connectivity index (χ2n) is 5.12. The number of halogens is 4. The van der Waals surface area contributed by atoms with E-state index in [9.17, 15) is 23.1 Å². The monoisotopic (exact) mass is 365 g/mol. The maximum Gasteiger partial charge on any atom is 0.450 e. The number of phenols is 1. The summed E-state index contributed by atoms with van der Waals surface area (Å²) in [7, 11) is 0. The highest BCUT2D eigenvalue weighted by Gasteiger charge is 2.39. The first kappa shape index (κ1) is 16.9. The van der Waals surface area contributed by atoms with Gasteiger partial charge in [-0.15, -0.1) is 0 Å². The number of phenolic OH excluding ortho intramolecular Hbond substituents is 1. The molecule has 3 rings (SSSR count). The van der Waals surface area contributed by atoms with Crippen LogP contribution in [-0.2, 0) is 6.18 Å². The highest BCUT2D eigenvalue weighted by molar-refractivity contribution is 6.32. The number of fused-ring (bicyclic) bond motifs is 1. The summed E-state index contributed by atoms with van der Waals surface area (Å²) in [5.74, 6) is -1.84. The Hall–Kier alpha value is -2.98. The van der Waals surface area contributed by atoms with Crippen LogP contribution in [0, 0.1) is 11.3 Å². The Balaban J connectivity index is 2.43. The van der Waals surface area contributed by atoms with E-state index in [1.807, 2.05) is 0 Å². The quantitative estimate of drug-likeness (QED) is 0.677. The zero-order chi connectivity index (χ0) is 18.4. The highest BCUT2D eigenvalue weighted by atomic mass is 35.5. The second kappa shape index (κ2) is 5.83. The molecule has 3 aromatic rings. The zero-order valence-electron chi connectivity index (χ0n) is 12.2. The molecule has 0 aliphatic carbocycles. The average molecular weight is 366 g/mol. The lowest BCUT2D eigenvalue weighted by Crippen LogP contribution is -2.16. The number of aromatic hydroxyl groups is 1. The van der Waals surface area contributed by atoms with Crippen molar-refractivity contribution < 1.29 is 22.7 Å². The van der Waals surface area contributed by atoms with Crippen LogP contribution in [-0.4, -0.2) is 5.11 Å². The molecule has 0 radical (unpaired) electrons. The SMILES string of the molecule is N#Cc1ccc(-c2c(C(F)(F)F)oc3cc(O)ccc3c2=O)cc1Cl. The maximum absolute atomic E-state index is 13.4. The van der Waals surface area contributed by atoms with Gasteiger partial charge in [-0.3, -0.25) is 4.79 Å². The number of nitrogens with zero attached hydrogens (tertiary/aromatic N) is 1. The number of hydrogen-bond acceptors (Lipinski definition) is 4. The summed E-state index contributed by atoms with van der Waals surface area (Å²) in [6.07, 6.45) is -4.95. The van der Waals surface area contributed by atoms with Gasteiger partial charge in [-0.25, -0.2) is 0 Å². The van der Waals surface area contributed by atoms with E-state index in [0.717, 1.165) is 12.1 Å². The van der Waals surface area contributed by atoms with Crippen LogP contribution in [0.25, 0.3) is 22.1 Å². The number of alkyl halides is 3. The van der Waals surface area contributed by atoms with Gasteiger partial charge in [0.2, 0.25) is 11.2 Å². The van der Waals surface area contributed by atoms with Crippen LogP contribution in [0.3, 0.4) is 0 Å². The van der Waals surface area contributed by atoms with Gasteiger partial charge in [-0.1, -0.05) is 17.7 Å². The standard InChI is InChI=1S/C17H7ClF3NO3/c18-12-5-8(1-2-9(12)7-22)14-15(24)11-4-3-10(23)6-13(11)25-16(14)17(19,20)21/h1-6,23H. The molecule has 25 heavy (non-hydrogen) atoms. The molecule has 0 fully saturated rings. The minimum Gasteiger partial charge on any atom is -0.508 e. The molecule has 1 N–H and O–H groups in total. The predicted octanol–water partition coefficient (Wildman–Crippen LogP) is 4.71. The molecule has 126 valence electrons. The summed E-state index contributed by atoms with van der Waals surface area (Å²) in [6, 6.07) is 8.58. The minimum atomic E-state index is -4.95. The van der Waals surface area contributed by atoms with Crippen molar-refractivity contribution in [2.75, 3.05) is 0 Å². The Morgan fingerprint density at radius 3 is 2.48 bits per heavy atom. The predicted molar refractivity (Wildman–Crippen MR) is 84.3 cm³/mol. The molecule has 4 nitrogen and oxygen atoms in total. The van der Waals surface area contributed by atoms with E-state index < -0.39 is 22.9 Å². The molecule has 0 spiro atoms. The third kappa shape index (κ3) is 2.92. The molecule has 0 unspecified atom stereocenters. The van der Waals surface area contributed by atoms with E-state index in [4.69, 9.17) is 21.3 Å². The molecule has 1 aromatic heterocycles. The first-order chi connectivity index (χ1) is 11.7. The van der Waals surface area contributed by atoms with Gasteiger partial charge in [0.15, 0.2) is 0 Å². The van der Waals surface area contributed by atoms with Crippen LogP contribution >= 0.6 is 11.6 Å². The normalized spacial score (nSPS) is 11.5. The summed E-state index contributed by atoms with van der Waals surface area (Å²) in [4.78, 5) is 12.6.